The Morgan fingerprint density at radius 1 is 1.33 bits per heavy atom. The van der Waals surface area contributed by atoms with Gasteiger partial charge in [0.25, 0.3) is 5.89 Å². The van der Waals surface area contributed by atoms with Crippen LogP contribution in [0.3, 0.4) is 0 Å². The van der Waals surface area contributed by atoms with Gasteiger partial charge in [0.05, 0.1) is 0 Å². The van der Waals surface area contributed by atoms with Crippen molar-refractivity contribution >= 4 is 0 Å². The zero-order chi connectivity index (χ0) is 13.0. The summed E-state index contributed by atoms with van der Waals surface area (Å²) in [4.78, 5) is 10.6. The molecule has 2 rings (SSSR count). The Morgan fingerprint density at radius 2 is 2.17 bits per heavy atom. The van der Waals surface area contributed by atoms with Gasteiger partial charge in [-0.2, -0.15) is 4.98 Å². The molecular formula is C12H17N5O. The summed E-state index contributed by atoms with van der Waals surface area (Å²) in [7, 11) is 4.02. The van der Waals surface area contributed by atoms with E-state index in [1.165, 1.54) is 0 Å². The lowest BCUT2D eigenvalue weighted by Crippen LogP contribution is -2.15. The van der Waals surface area contributed by atoms with Gasteiger partial charge in [0.15, 0.2) is 5.82 Å². The zero-order valence-electron chi connectivity index (χ0n) is 10.6. The molecule has 0 saturated heterocycles. The first-order chi connectivity index (χ1) is 8.69. The predicted octanol–water partition coefficient (Wildman–Crippen LogP) is 0.694. The van der Waals surface area contributed by atoms with Crippen molar-refractivity contribution in [2.24, 2.45) is 5.73 Å². The van der Waals surface area contributed by atoms with Crippen LogP contribution < -0.4 is 5.73 Å². The van der Waals surface area contributed by atoms with Crippen LogP contribution in [0.1, 0.15) is 11.4 Å². The Bertz CT molecular complexity index is 491. The number of aromatic nitrogens is 3. The monoisotopic (exact) mass is 247 g/mol. The number of rotatable bonds is 5. The van der Waals surface area contributed by atoms with Gasteiger partial charge in [0.2, 0.25) is 0 Å². The third kappa shape index (κ3) is 3.12. The van der Waals surface area contributed by atoms with Crippen molar-refractivity contribution < 1.29 is 4.52 Å². The second kappa shape index (κ2) is 5.70. The first-order valence-electron chi connectivity index (χ1n) is 5.81. The fourth-order valence-corrected chi connectivity index (χ4v) is 1.45. The van der Waals surface area contributed by atoms with E-state index in [9.17, 15) is 0 Å². The summed E-state index contributed by atoms with van der Waals surface area (Å²) in [6.07, 6.45) is 2.48. The van der Waals surface area contributed by atoms with E-state index in [4.69, 9.17) is 10.3 Å². The van der Waals surface area contributed by atoms with Crippen LogP contribution in [-0.2, 0) is 13.0 Å². The minimum atomic E-state index is 0.451. The second-order valence-corrected chi connectivity index (χ2v) is 4.32. The van der Waals surface area contributed by atoms with Crippen LogP contribution in [-0.4, -0.2) is 40.7 Å². The molecule has 0 atom stereocenters. The minimum Gasteiger partial charge on any atom is -0.332 e. The number of likely N-dealkylation sites (N-methyl/N-ethyl adjacent to an activating group) is 1. The Morgan fingerprint density at radius 3 is 2.78 bits per heavy atom. The van der Waals surface area contributed by atoms with E-state index in [-0.39, 0.29) is 0 Å². The Kier molecular flexibility index (Phi) is 4.01. The molecular weight excluding hydrogens is 230 g/mol. The predicted molar refractivity (Wildman–Crippen MR) is 67.7 cm³/mol. The average Bonchev–Trinajstić information content (AvgIpc) is 2.85. The average molecular weight is 247 g/mol. The molecule has 0 aliphatic carbocycles. The van der Waals surface area contributed by atoms with Gasteiger partial charge >= 0.3 is 0 Å². The minimum absolute atomic E-state index is 0.451. The lowest BCUT2D eigenvalue weighted by Gasteiger charge is -2.05. The van der Waals surface area contributed by atoms with Crippen LogP contribution in [0.25, 0.3) is 11.6 Å². The lowest BCUT2D eigenvalue weighted by atomic mass is 10.2. The zero-order valence-corrected chi connectivity index (χ0v) is 10.6. The standard InChI is InChI=1S/C12H17N5O/c1-17(2)6-5-11-15-12(18-16-11)10-4-3-9(7-13)8-14-10/h3-4,8H,5-7,13H2,1-2H3. The van der Waals surface area contributed by atoms with Gasteiger partial charge < -0.3 is 15.2 Å². The van der Waals surface area contributed by atoms with Crippen molar-refractivity contribution in [3.05, 3.63) is 29.7 Å². The topological polar surface area (TPSA) is 81.1 Å². The number of nitrogens with two attached hydrogens (primary N) is 1. The molecule has 18 heavy (non-hydrogen) atoms. The lowest BCUT2D eigenvalue weighted by molar-refractivity contribution is 0.392. The summed E-state index contributed by atoms with van der Waals surface area (Å²) in [6, 6.07) is 3.75. The molecule has 0 unspecified atom stereocenters. The number of hydrogen-bond donors (Lipinski definition) is 1. The largest absolute Gasteiger partial charge is 0.332 e. The third-order valence-electron chi connectivity index (χ3n) is 2.53. The van der Waals surface area contributed by atoms with Crippen molar-refractivity contribution in [2.75, 3.05) is 20.6 Å². The first kappa shape index (κ1) is 12.7. The summed E-state index contributed by atoms with van der Waals surface area (Å²) in [5.41, 5.74) is 7.17. The number of pyridine rings is 1. The van der Waals surface area contributed by atoms with Crippen molar-refractivity contribution in [2.45, 2.75) is 13.0 Å². The van der Waals surface area contributed by atoms with E-state index in [2.05, 4.69) is 20.0 Å². The molecule has 0 saturated carbocycles. The van der Waals surface area contributed by atoms with Crippen LogP contribution in [0.15, 0.2) is 22.9 Å². The molecule has 2 N–H and O–H groups in total. The van der Waals surface area contributed by atoms with Crippen LogP contribution in [0.5, 0.6) is 0 Å². The van der Waals surface area contributed by atoms with Gasteiger partial charge in [-0.15, -0.1) is 0 Å². The van der Waals surface area contributed by atoms with Crippen LogP contribution >= 0.6 is 0 Å². The summed E-state index contributed by atoms with van der Waals surface area (Å²) in [6.45, 7) is 1.36. The fraction of sp³-hybridized carbons (Fsp3) is 0.417. The molecule has 2 aromatic heterocycles. The van der Waals surface area contributed by atoms with Gasteiger partial charge in [-0.25, -0.2) is 0 Å². The van der Waals surface area contributed by atoms with Gasteiger partial charge in [-0.05, 0) is 25.7 Å². The highest BCUT2D eigenvalue weighted by Crippen LogP contribution is 2.14. The van der Waals surface area contributed by atoms with Crippen molar-refractivity contribution in [3.8, 4) is 11.6 Å². The van der Waals surface area contributed by atoms with Gasteiger partial charge in [0, 0.05) is 25.7 Å². The van der Waals surface area contributed by atoms with Crippen molar-refractivity contribution in [1.29, 1.82) is 0 Å². The normalized spacial score (nSPS) is 11.1. The molecule has 0 spiro atoms. The molecule has 2 heterocycles. The molecule has 0 aliphatic rings. The highest BCUT2D eigenvalue weighted by Gasteiger charge is 2.09. The van der Waals surface area contributed by atoms with Gasteiger partial charge in [-0.3, -0.25) is 4.98 Å². The first-order valence-corrected chi connectivity index (χ1v) is 5.81. The van der Waals surface area contributed by atoms with Crippen LogP contribution in [0.4, 0.5) is 0 Å². The Labute approximate surface area is 106 Å². The highest BCUT2D eigenvalue weighted by atomic mass is 16.5. The quantitative estimate of drug-likeness (QED) is 0.837. The summed E-state index contributed by atoms with van der Waals surface area (Å²) >= 11 is 0. The van der Waals surface area contributed by atoms with E-state index in [1.807, 2.05) is 26.2 Å². The van der Waals surface area contributed by atoms with Crippen molar-refractivity contribution in [3.63, 3.8) is 0 Å². The molecule has 96 valence electrons. The fourth-order valence-electron chi connectivity index (χ4n) is 1.45. The third-order valence-corrected chi connectivity index (χ3v) is 2.53. The van der Waals surface area contributed by atoms with Gasteiger partial charge in [-0.1, -0.05) is 11.2 Å². The summed E-state index contributed by atoms with van der Waals surface area (Å²) in [5.74, 6) is 1.15. The van der Waals surface area contributed by atoms with E-state index >= 15 is 0 Å². The second-order valence-electron chi connectivity index (χ2n) is 4.32. The maximum atomic E-state index is 5.51. The molecule has 0 bridgehead atoms. The molecule has 0 radical (unpaired) electrons. The summed E-state index contributed by atoms with van der Waals surface area (Å²) in [5, 5.41) is 3.93. The molecule has 2 aromatic rings. The highest BCUT2D eigenvalue weighted by molar-refractivity contribution is 5.46. The van der Waals surface area contributed by atoms with E-state index in [0.717, 1.165) is 18.5 Å². The molecule has 0 aliphatic heterocycles. The molecule has 6 nitrogen and oxygen atoms in total. The van der Waals surface area contributed by atoms with Gasteiger partial charge in [0.1, 0.15) is 5.69 Å². The Balaban J connectivity index is 2.08. The van der Waals surface area contributed by atoms with E-state index < -0.39 is 0 Å². The molecule has 0 amide bonds. The summed E-state index contributed by atoms with van der Waals surface area (Å²) < 4.78 is 5.18. The SMILES string of the molecule is CN(C)CCc1noc(-c2ccc(CN)cn2)n1. The van der Waals surface area contributed by atoms with Crippen molar-refractivity contribution in [1.82, 2.24) is 20.0 Å². The van der Waals surface area contributed by atoms with E-state index in [0.29, 0.717) is 24.0 Å². The van der Waals surface area contributed by atoms with Crippen LogP contribution in [0, 0.1) is 0 Å². The Hall–Kier alpha value is -1.79. The number of hydrogen-bond acceptors (Lipinski definition) is 6. The maximum absolute atomic E-state index is 5.51. The molecule has 0 aromatic carbocycles. The molecule has 0 fully saturated rings. The van der Waals surface area contributed by atoms with Crippen LogP contribution in [0.2, 0.25) is 0 Å². The maximum Gasteiger partial charge on any atom is 0.276 e. The smallest absolute Gasteiger partial charge is 0.276 e. The van der Waals surface area contributed by atoms with E-state index in [1.54, 1.807) is 6.20 Å². The molecule has 6 heteroatoms. The number of nitrogens with zero attached hydrogens (tertiary/aromatic N) is 4.